The van der Waals surface area contributed by atoms with Crippen LogP contribution in [-0.4, -0.2) is 24.8 Å². The molecule has 1 saturated carbocycles. The Morgan fingerprint density at radius 3 is 2.91 bits per heavy atom. The number of nitrogens with one attached hydrogen (secondary N) is 2. The van der Waals surface area contributed by atoms with Gasteiger partial charge in [0.05, 0.1) is 12.1 Å². The van der Waals surface area contributed by atoms with Crippen molar-refractivity contribution in [3.63, 3.8) is 0 Å². The number of allylic oxidation sites excluding steroid dienone is 1. The summed E-state index contributed by atoms with van der Waals surface area (Å²) in [4.78, 5) is 12.3. The highest BCUT2D eigenvalue weighted by Crippen LogP contribution is 2.38. The van der Waals surface area contributed by atoms with E-state index in [0.29, 0.717) is 5.92 Å². The van der Waals surface area contributed by atoms with Crippen LogP contribution in [0.15, 0.2) is 36.9 Å². The molecular formula is C18H24N2O2. The number of benzene rings is 1. The van der Waals surface area contributed by atoms with Crippen molar-refractivity contribution in [2.75, 3.05) is 11.9 Å². The number of amides is 2. The molecule has 22 heavy (non-hydrogen) atoms. The van der Waals surface area contributed by atoms with Gasteiger partial charge in [0.2, 0.25) is 0 Å². The van der Waals surface area contributed by atoms with Gasteiger partial charge in [-0.3, -0.25) is 0 Å². The first-order chi connectivity index (χ1) is 10.8. The van der Waals surface area contributed by atoms with Gasteiger partial charge in [0.15, 0.2) is 0 Å². The zero-order valence-electron chi connectivity index (χ0n) is 12.9. The second kappa shape index (κ2) is 6.97. The fourth-order valence-corrected chi connectivity index (χ4v) is 3.10. The van der Waals surface area contributed by atoms with Gasteiger partial charge in [-0.1, -0.05) is 24.3 Å². The van der Waals surface area contributed by atoms with Crippen molar-refractivity contribution in [1.29, 1.82) is 0 Å². The smallest absolute Gasteiger partial charge is 0.319 e. The van der Waals surface area contributed by atoms with E-state index in [1.165, 1.54) is 12.8 Å². The third-order valence-corrected chi connectivity index (χ3v) is 4.42. The van der Waals surface area contributed by atoms with Crippen molar-refractivity contribution < 1.29 is 9.53 Å². The fourth-order valence-electron chi connectivity index (χ4n) is 3.10. The van der Waals surface area contributed by atoms with Gasteiger partial charge in [-0.25, -0.2) is 4.79 Å². The fraction of sp³-hybridized carbons (Fsp3) is 0.500. The summed E-state index contributed by atoms with van der Waals surface area (Å²) < 4.78 is 5.76. The zero-order valence-corrected chi connectivity index (χ0v) is 12.9. The third kappa shape index (κ3) is 3.69. The molecule has 1 aromatic carbocycles. The standard InChI is InChI=1S/C18H24N2O2/c1-2-3-6-13-7-4-5-8-15(13)19-18(21)20-16-11-12-22-17(16)14-9-10-14/h2,4-5,7-8,14,16-17H,1,3,6,9-12H2,(H2,19,20,21). The number of carbonyl (C=O) groups is 1. The molecule has 118 valence electrons. The first-order valence-electron chi connectivity index (χ1n) is 8.16. The second-order valence-corrected chi connectivity index (χ2v) is 6.15. The number of rotatable bonds is 6. The van der Waals surface area contributed by atoms with Crippen LogP contribution in [0.3, 0.4) is 0 Å². The van der Waals surface area contributed by atoms with Gasteiger partial charge in [-0.15, -0.1) is 6.58 Å². The lowest BCUT2D eigenvalue weighted by Gasteiger charge is -2.20. The summed E-state index contributed by atoms with van der Waals surface area (Å²) in [5.41, 5.74) is 2.02. The lowest BCUT2D eigenvalue weighted by atomic mass is 10.1. The largest absolute Gasteiger partial charge is 0.376 e. The summed E-state index contributed by atoms with van der Waals surface area (Å²) in [6, 6.07) is 7.94. The highest BCUT2D eigenvalue weighted by molar-refractivity contribution is 5.90. The van der Waals surface area contributed by atoms with Crippen molar-refractivity contribution >= 4 is 11.7 Å². The van der Waals surface area contributed by atoms with Gasteiger partial charge in [0, 0.05) is 12.3 Å². The van der Waals surface area contributed by atoms with E-state index >= 15 is 0 Å². The maximum absolute atomic E-state index is 12.3. The normalized spacial score (nSPS) is 24.0. The molecule has 1 heterocycles. The SMILES string of the molecule is C=CCCc1ccccc1NC(=O)NC1CCOC1C1CC1. The van der Waals surface area contributed by atoms with Crippen LogP contribution >= 0.6 is 0 Å². The lowest BCUT2D eigenvalue weighted by molar-refractivity contribution is 0.0829. The minimum atomic E-state index is -0.132. The molecule has 0 aromatic heterocycles. The number of hydrogen-bond donors (Lipinski definition) is 2. The van der Waals surface area contributed by atoms with Gasteiger partial charge in [0.25, 0.3) is 0 Å². The summed E-state index contributed by atoms with van der Waals surface area (Å²) in [5, 5.41) is 6.07. The van der Waals surface area contributed by atoms with Gasteiger partial charge in [0.1, 0.15) is 0 Å². The molecule has 1 aliphatic heterocycles. The Kier molecular flexibility index (Phi) is 4.78. The number of hydrogen-bond acceptors (Lipinski definition) is 2. The van der Waals surface area contributed by atoms with Gasteiger partial charge in [-0.2, -0.15) is 0 Å². The van der Waals surface area contributed by atoms with Crippen molar-refractivity contribution in [2.45, 2.75) is 44.2 Å². The number of anilines is 1. The van der Waals surface area contributed by atoms with Crippen molar-refractivity contribution in [1.82, 2.24) is 5.32 Å². The Labute approximate surface area is 131 Å². The quantitative estimate of drug-likeness (QED) is 0.790. The van der Waals surface area contributed by atoms with Crippen molar-refractivity contribution in [3.05, 3.63) is 42.5 Å². The van der Waals surface area contributed by atoms with E-state index in [9.17, 15) is 4.79 Å². The van der Waals surface area contributed by atoms with Gasteiger partial charge < -0.3 is 15.4 Å². The molecule has 0 bridgehead atoms. The van der Waals surface area contributed by atoms with E-state index in [0.717, 1.165) is 37.1 Å². The second-order valence-electron chi connectivity index (χ2n) is 6.15. The molecule has 0 radical (unpaired) electrons. The Morgan fingerprint density at radius 1 is 1.32 bits per heavy atom. The topological polar surface area (TPSA) is 50.4 Å². The number of carbonyl (C=O) groups excluding carboxylic acids is 1. The first kappa shape index (κ1) is 15.1. The highest BCUT2D eigenvalue weighted by Gasteiger charge is 2.41. The molecule has 2 unspecified atom stereocenters. The molecule has 2 atom stereocenters. The minimum Gasteiger partial charge on any atom is -0.376 e. The molecule has 2 N–H and O–H groups in total. The monoisotopic (exact) mass is 300 g/mol. The first-order valence-corrected chi connectivity index (χ1v) is 8.16. The number of para-hydroxylation sites is 1. The molecule has 4 nitrogen and oxygen atoms in total. The zero-order chi connectivity index (χ0) is 15.4. The van der Waals surface area contributed by atoms with Crippen LogP contribution < -0.4 is 10.6 Å². The van der Waals surface area contributed by atoms with E-state index < -0.39 is 0 Å². The minimum absolute atomic E-state index is 0.132. The lowest BCUT2D eigenvalue weighted by Crippen LogP contribution is -2.43. The molecule has 2 aliphatic rings. The average molecular weight is 300 g/mol. The summed E-state index contributed by atoms with van der Waals surface area (Å²) in [6.07, 6.45) is 7.27. The van der Waals surface area contributed by atoms with Gasteiger partial charge in [-0.05, 0) is 49.7 Å². The predicted octanol–water partition coefficient (Wildman–Crippen LogP) is 3.49. The summed E-state index contributed by atoms with van der Waals surface area (Å²) >= 11 is 0. The number of aryl methyl sites for hydroxylation is 1. The van der Waals surface area contributed by atoms with Crippen molar-refractivity contribution in [2.24, 2.45) is 5.92 Å². The molecule has 1 aromatic rings. The number of ether oxygens (including phenoxy) is 1. The van der Waals surface area contributed by atoms with Crippen LogP contribution in [0.5, 0.6) is 0 Å². The summed E-state index contributed by atoms with van der Waals surface area (Å²) in [7, 11) is 0. The molecule has 2 amide bonds. The Hall–Kier alpha value is -1.81. The van der Waals surface area contributed by atoms with Gasteiger partial charge >= 0.3 is 6.03 Å². The molecule has 1 aliphatic carbocycles. The molecule has 3 rings (SSSR count). The van der Waals surface area contributed by atoms with Crippen LogP contribution in [0.25, 0.3) is 0 Å². The Morgan fingerprint density at radius 2 is 2.14 bits per heavy atom. The molecule has 1 saturated heterocycles. The molecular weight excluding hydrogens is 276 g/mol. The third-order valence-electron chi connectivity index (χ3n) is 4.42. The summed E-state index contributed by atoms with van der Waals surface area (Å²) in [5.74, 6) is 0.646. The Bertz CT molecular complexity index is 540. The van der Waals surface area contributed by atoms with E-state index in [1.54, 1.807) is 0 Å². The molecule has 2 fully saturated rings. The van der Waals surface area contributed by atoms with Crippen LogP contribution in [0, 0.1) is 5.92 Å². The summed E-state index contributed by atoms with van der Waals surface area (Å²) in [6.45, 7) is 4.50. The van der Waals surface area contributed by atoms with E-state index in [1.807, 2.05) is 30.3 Å². The predicted molar refractivity (Wildman–Crippen MR) is 88.0 cm³/mol. The van der Waals surface area contributed by atoms with Crippen LogP contribution in [-0.2, 0) is 11.2 Å². The van der Waals surface area contributed by atoms with Crippen LogP contribution in [0.1, 0.15) is 31.2 Å². The van der Waals surface area contributed by atoms with E-state index in [4.69, 9.17) is 4.74 Å². The molecule has 0 spiro atoms. The maximum Gasteiger partial charge on any atom is 0.319 e. The molecule has 4 heteroatoms. The maximum atomic E-state index is 12.3. The van der Waals surface area contributed by atoms with E-state index in [-0.39, 0.29) is 18.2 Å². The van der Waals surface area contributed by atoms with E-state index in [2.05, 4.69) is 17.2 Å². The Balaban J connectivity index is 1.58. The highest BCUT2D eigenvalue weighted by atomic mass is 16.5. The van der Waals surface area contributed by atoms with Crippen LogP contribution in [0.2, 0.25) is 0 Å². The van der Waals surface area contributed by atoms with Crippen LogP contribution in [0.4, 0.5) is 10.5 Å². The van der Waals surface area contributed by atoms with Crippen molar-refractivity contribution in [3.8, 4) is 0 Å². The average Bonchev–Trinajstić information content (AvgIpc) is 3.26. The number of urea groups is 1.